The van der Waals surface area contributed by atoms with E-state index in [-0.39, 0.29) is 15.8 Å². The highest BCUT2D eigenvalue weighted by Gasteiger charge is 2.35. The summed E-state index contributed by atoms with van der Waals surface area (Å²) in [6.07, 6.45) is -4.86. The SMILES string of the molecule is COC(=O)CSc1nnc(NC(=O)CN(c2ccc(Cl)c(C(F)(F)F)c2)S(=O)(=O)c2ccccc2)s1. The molecule has 0 aliphatic rings. The van der Waals surface area contributed by atoms with Crippen LogP contribution in [0.5, 0.6) is 0 Å². The molecule has 3 rings (SSSR count). The highest BCUT2D eigenvalue weighted by Crippen LogP contribution is 2.38. The summed E-state index contributed by atoms with van der Waals surface area (Å²) in [6, 6.07) is 9.45. The number of carbonyl (C=O) groups is 2. The molecule has 0 saturated carbocycles. The van der Waals surface area contributed by atoms with Crippen LogP contribution in [0.2, 0.25) is 5.02 Å². The summed E-state index contributed by atoms with van der Waals surface area (Å²) < 4.78 is 72.3. The molecule has 1 aromatic heterocycles. The number of ether oxygens (including phenoxy) is 1. The van der Waals surface area contributed by atoms with Gasteiger partial charge in [0.1, 0.15) is 6.54 Å². The normalized spacial score (nSPS) is 11.7. The highest BCUT2D eigenvalue weighted by molar-refractivity contribution is 8.01. The van der Waals surface area contributed by atoms with E-state index in [0.717, 1.165) is 35.2 Å². The zero-order valence-corrected chi connectivity index (χ0v) is 21.4. The first-order valence-corrected chi connectivity index (χ1v) is 13.3. The Kier molecular flexibility index (Phi) is 8.81. The summed E-state index contributed by atoms with van der Waals surface area (Å²) in [5.74, 6) is -1.43. The van der Waals surface area contributed by atoms with Crippen LogP contribution in [-0.2, 0) is 30.5 Å². The smallest absolute Gasteiger partial charge is 0.417 e. The van der Waals surface area contributed by atoms with E-state index in [9.17, 15) is 31.2 Å². The van der Waals surface area contributed by atoms with Crippen LogP contribution in [0.1, 0.15) is 5.56 Å². The zero-order chi connectivity index (χ0) is 26.5. The molecule has 0 aliphatic carbocycles. The predicted molar refractivity (Wildman–Crippen MR) is 129 cm³/mol. The zero-order valence-electron chi connectivity index (χ0n) is 18.2. The standard InChI is InChI=1S/C20H16ClF3N4O5S3/c1-33-17(30)11-34-19-27-26-18(35-19)25-16(29)10-28(36(31,32)13-5-3-2-4-6-13)12-7-8-15(21)14(9-12)20(22,23)24/h2-9H,10-11H2,1H3,(H,25,26,29). The van der Waals surface area contributed by atoms with Crippen LogP contribution in [0, 0.1) is 0 Å². The average molecular weight is 581 g/mol. The Hall–Kier alpha value is -2.88. The highest BCUT2D eigenvalue weighted by atomic mass is 35.5. The Labute approximate surface area is 216 Å². The van der Waals surface area contributed by atoms with Crippen molar-refractivity contribution < 1.29 is 35.9 Å². The number of carbonyl (C=O) groups excluding carboxylic acids is 2. The maximum Gasteiger partial charge on any atom is 0.417 e. The van der Waals surface area contributed by atoms with E-state index >= 15 is 0 Å². The topological polar surface area (TPSA) is 119 Å². The number of methoxy groups -OCH3 is 1. The van der Waals surface area contributed by atoms with Gasteiger partial charge in [-0.15, -0.1) is 10.2 Å². The molecule has 0 radical (unpaired) electrons. The molecule has 1 N–H and O–H groups in total. The van der Waals surface area contributed by atoms with Gasteiger partial charge in [-0.25, -0.2) is 8.42 Å². The second-order valence-corrected chi connectivity index (χ2v) is 11.2. The lowest BCUT2D eigenvalue weighted by Crippen LogP contribution is -2.38. The molecule has 36 heavy (non-hydrogen) atoms. The van der Waals surface area contributed by atoms with E-state index in [4.69, 9.17) is 11.6 Å². The molecule has 0 bridgehead atoms. The number of halogens is 4. The van der Waals surface area contributed by atoms with Crippen LogP contribution in [0.15, 0.2) is 57.8 Å². The van der Waals surface area contributed by atoms with E-state index in [1.54, 1.807) is 6.07 Å². The monoisotopic (exact) mass is 580 g/mol. The van der Waals surface area contributed by atoms with Gasteiger partial charge in [0.25, 0.3) is 10.0 Å². The molecule has 1 heterocycles. The van der Waals surface area contributed by atoms with Crippen molar-refractivity contribution in [1.82, 2.24) is 10.2 Å². The lowest BCUT2D eigenvalue weighted by atomic mass is 10.2. The van der Waals surface area contributed by atoms with Crippen molar-refractivity contribution in [2.45, 2.75) is 15.4 Å². The quantitative estimate of drug-likeness (QED) is 0.226. The molecule has 0 fully saturated rings. The molecular formula is C20H16ClF3N4O5S3. The van der Waals surface area contributed by atoms with Crippen LogP contribution in [0.3, 0.4) is 0 Å². The molecular weight excluding hydrogens is 565 g/mol. The first-order chi connectivity index (χ1) is 16.9. The number of hydrogen-bond donors (Lipinski definition) is 1. The fourth-order valence-electron chi connectivity index (χ4n) is 2.71. The van der Waals surface area contributed by atoms with Gasteiger partial charge in [-0.1, -0.05) is 52.9 Å². The number of nitrogens with zero attached hydrogens (tertiary/aromatic N) is 3. The largest absolute Gasteiger partial charge is 0.468 e. The molecule has 1 amide bonds. The number of sulfonamides is 1. The molecule has 0 aliphatic heterocycles. The lowest BCUT2D eigenvalue weighted by Gasteiger charge is -2.25. The summed E-state index contributed by atoms with van der Waals surface area (Å²) in [7, 11) is -3.23. The van der Waals surface area contributed by atoms with E-state index in [1.807, 2.05) is 0 Å². The van der Waals surface area contributed by atoms with Gasteiger partial charge in [0, 0.05) is 0 Å². The van der Waals surface area contributed by atoms with Crippen molar-refractivity contribution in [1.29, 1.82) is 0 Å². The minimum atomic E-state index is -4.86. The predicted octanol–water partition coefficient (Wildman–Crippen LogP) is 4.31. The number of anilines is 2. The van der Waals surface area contributed by atoms with Gasteiger partial charge in [-0.2, -0.15) is 13.2 Å². The third kappa shape index (κ3) is 6.87. The van der Waals surface area contributed by atoms with Crippen molar-refractivity contribution in [3.05, 3.63) is 59.1 Å². The number of hydrogen-bond acceptors (Lipinski definition) is 9. The van der Waals surface area contributed by atoms with Gasteiger partial charge in [0.15, 0.2) is 4.34 Å². The Bertz CT molecular complexity index is 1350. The molecule has 0 saturated heterocycles. The number of alkyl halides is 3. The third-order valence-corrected chi connectivity index (χ3v) is 8.42. The number of amides is 1. The Morgan fingerprint density at radius 2 is 1.86 bits per heavy atom. The summed E-state index contributed by atoms with van der Waals surface area (Å²) in [4.78, 5) is 23.7. The lowest BCUT2D eigenvalue weighted by molar-refractivity contribution is -0.138. The summed E-state index contributed by atoms with van der Waals surface area (Å²) in [6.45, 7) is -0.875. The maximum atomic E-state index is 13.4. The summed E-state index contributed by atoms with van der Waals surface area (Å²) in [5, 5.41) is 9.28. The number of benzene rings is 2. The minimum Gasteiger partial charge on any atom is -0.468 e. The molecule has 16 heteroatoms. The molecule has 9 nitrogen and oxygen atoms in total. The van der Waals surface area contributed by atoms with Gasteiger partial charge in [-0.3, -0.25) is 19.2 Å². The van der Waals surface area contributed by atoms with Gasteiger partial charge in [0.05, 0.1) is 34.0 Å². The van der Waals surface area contributed by atoms with Crippen LogP contribution >= 0.6 is 34.7 Å². The van der Waals surface area contributed by atoms with E-state index in [0.29, 0.717) is 14.7 Å². The Balaban J connectivity index is 1.90. The van der Waals surface area contributed by atoms with Crippen molar-refractivity contribution in [2.24, 2.45) is 0 Å². The van der Waals surface area contributed by atoms with Crippen molar-refractivity contribution in [3.8, 4) is 0 Å². The van der Waals surface area contributed by atoms with E-state index < -0.39 is 50.9 Å². The summed E-state index contributed by atoms with van der Waals surface area (Å²) >= 11 is 7.60. The number of esters is 1. The Morgan fingerprint density at radius 3 is 2.50 bits per heavy atom. The van der Waals surface area contributed by atoms with E-state index in [2.05, 4.69) is 20.3 Å². The van der Waals surface area contributed by atoms with E-state index in [1.165, 1.54) is 31.4 Å². The van der Waals surface area contributed by atoms with Gasteiger partial charge >= 0.3 is 12.1 Å². The number of aromatic nitrogens is 2. The minimum absolute atomic E-state index is 0.00323. The number of thioether (sulfide) groups is 1. The van der Waals surface area contributed by atoms with Crippen molar-refractivity contribution in [2.75, 3.05) is 29.0 Å². The third-order valence-electron chi connectivity index (χ3n) is 4.36. The van der Waals surface area contributed by atoms with Crippen molar-refractivity contribution in [3.63, 3.8) is 0 Å². The fourth-order valence-corrected chi connectivity index (χ4v) is 5.97. The fraction of sp³-hybridized carbons (Fsp3) is 0.200. The molecule has 0 unspecified atom stereocenters. The molecule has 0 spiro atoms. The first-order valence-electron chi connectivity index (χ1n) is 9.69. The second-order valence-electron chi connectivity index (χ2n) is 6.77. The molecule has 2 aromatic carbocycles. The van der Waals surface area contributed by atoms with Crippen LogP contribution < -0.4 is 9.62 Å². The average Bonchev–Trinajstić information content (AvgIpc) is 3.28. The number of rotatable bonds is 9. The molecule has 0 atom stereocenters. The first kappa shape index (κ1) is 27.7. The van der Waals surface area contributed by atoms with Crippen LogP contribution in [-0.4, -0.2) is 49.9 Å². The van der Waals surface area contributed by atoms with Gasteiger partial charge in [0.2, 0.25) is 11.0 Å². The van der Waals surface area contributed by atoms with Gasteiger partial charge < -0.3 is 4.74 Å². The molecule has 192 valence electrons. The number of nitrogens with one attached hydrogen (secondary N) is 1. The maximum absolute atomic E-state index is 13.4. The Morgan fingerprint density at radius 1 is 1.17 bits per heavy atom. The second kappa shape index (κ2) is 11.5. The van der Waals surface area contributed by atoms with Crippen LogP contribution in [0.25, 0.3) is 0 Å². The van der Waals surface area contributed by atoms with Crippen LogP contribution in [0.4, 0.5) is 24.0 Å². The molecule has 3 aromatic rings. The van der Waals surface area contributed by atoms with Crippen molar-refractivity contribution >= 4 is 67.4 Å². The van der Waals surface area contributed by atoms with Gasteiger partial charge in [-0.05, 0) is 30.3 Å². The summed E-state index contributed by atoms with van der Waals surface area (Å²) in [5.41, 5.74) is -1.68.